The Labute approximate surface area is 112 Å². The third-order valence-electron chi connectivity index (χ3n) is 3.10. The lowest BCUT2D eigenvalue weighted by Crippen LogP contribution is -2.04. The molecule has 0 aliphatic heterocycles. The first-order chi connectivity index (χ1) is 9.22. The molecule has 3 rings (SSSR count). The van der Waals surface area contributed by atoms with Crippen LogP contribution in [0.1, 0.15) is 24.4 Å². The van der Waals surface area contributed by atoms with Gasteiger partial charge >= 0.3 is 0 Å². The monoisotopic (exact) mass is 252 g/mol. The fourth-order valence-electron chi connectivity index (χ4n) is 2.09. The second-order valence-corrected chi connectivity index (χ2v) is 4.72. The maximum atomic E-state index is 5.87. The molecule has 3 aromatic rings. The van der Waals surface area contributed by atoms with Crippen LogP contribution in [0.5, 0.6) is 5.75 Å². The van der Waals surface area contributed by atoms with E-state index in [0.29, 0.717) is 0 Å². The van der Waals surface area contributed by atoms with E-state index in [9.17, 15) is 0 Å². The number of aryl methyl sites for hydroxylation is 1. The molecule has 1 heterocycles. The first kappa shape index (κ1) is 11.8. The van der Waals surface area contributed by atoms with Crippen LogP contribution in [-0.4, -0.2) is 9.97 Å². The molecule has 3 nitrogen and oxygen atoms in total. The highest BCUT2D eigenvalue weighted by Crippen LogP contribution is 2.22. The first-order valence-electron chi connectivity index (χ1n) is 6.40. The summed E-state index contributed by atoms with van der Waals surface area (Å²) in [5.74, 6) is 1.70. The summed E-state index contributed by atoms with van der Waals surface area (Å²) in [5, 5.41) is 0. The molecule has 0 aliphatic rings. The Hall–Kier alpha value is -2.29. The molecule has 0 unspecified atom stereocenters. The standard InChI is InChI=1S/C16H16N2O/c1-11-8-9-14-15(10-11)18-16(17-14)12(2)19-13-6-4-3-5-7-13/h3-10,12H,1-2H3,(H,17,18)/t12-/m1/s1. The van der Waals surface area contributed by atoms with Crippen molar-refractivity contribution in [1.82, 2.24) is 9.97 Å². The van der Waals surface area contributed by atoms with Crippen molar-refractivity contribution in [2.24, 2.45) is 0 Å². The van der Waals surface area contributed by atoms with Crippen LogP contribution in [0, 0.1) is 6.92 Å². The molecule has 2 aromatic carbocycles. The number of imidazole rings is 1. The van der Waals surface area contributed by atoms with Crippen molar-refractivity contribution >= 4 is 11.0 Å². The second-order valence-electron chi connectivity index (χ2n) is 4.72. The molecule has 96 valence electrons. The van der Waals surface area contributed by atoms with E-state index in [4.69, 9.17) is 4.74 Å². The molecule has 0 spiro atoms. The van der Waals surface area contributed by atoms with E-state index >= 15 is 0 Å². The Morgan fingerprint density at radius 1 is 1.11 bits per heavy atom. The summed E-state index contributed by atoms with van der Waals surface area (Å²) in [6, 6.07) is 16.0. The predicted molar refractivity (Wildman–Crippen MR) is 76.3 cm³/mol. The minimum Gasteiger partial charge on any atom is -0.483 e. The van der Waals surface area contributed by atoms with E-state index in [0.717, 1.165) is 22.6 Å². The van der Waals surface area contributed by atoms with Crippen molar-refractivity contribution in [3.63, 3.8) is 0 Å². The van der Waals surface area contributed by atoms with Crippen LogP contribution in [-0.2, 0) is 0 Å². The van der Waals surface area contributed by atoms with Crippen molar-refractivity contribution in [2.75, 3.05) is 0 Å². The molecule has 0 bridgehead atoms. The molecule has 1 N–H and O–H groups in total. The number of aromatic nitrogens is 2. The largest absolute Gasteiger partial charge is 0.483 e. The molecular formula is C16H16N2O. The summed E-state index contributed by atoms with van der Waals surface area (Å²) in [4.78, 5) is 7.89. The highest BCUT2D eigenvalue weighted by atomic mass is 16.5. The topological polar surface area (TPSA) is 37.9 Å². The molecule has 19 heavy (non-hydrogen) atoms. The fourth-order valence-corrected chi connectivity index (χ4v) is 2.09. The minimum atomic E-state index is -0.102. The molecule has 0 aliphatic carbocycles. The molecule has 3 heteroatoms. The number of fused-ring (bicyclic) bond motifs is 1. The van der Waals surface area contributed by atoms with E-state index in [1.54, 1.807) is 0 Å². The van der Waals surface area contributed by atoms with Crippen LogP contribution >= 0.6 is 0 Å². The number of hydrogen-bond donors (Lipinski definition) is 1. The zero-order valence-electron chi connectivity index (χ0n) is 11.1. The van der Waals surface area contributed by atoms with E-state index < -0.39 is 0 Å². The summed E-state index contributed by atoms with van der Waals surface area (Å²) in [6.45, 7) is 4.07. The van der Waals surface area contributed by atoms with E-state index in [2.05, 4.69) is 29.0 Å². The maximum absolute atomic E-state index is 5.87. The van der Waals surface area contributed by atoms with Crippen LogP contribution < -0.4 is 4.74 Å². The summed E-state index contributed by atoms with van der Waals surface area (Å²) in [6.07, 6.45) is -0.102. The van der Waals surface area contributed by atoms with Gasteiger partial charge in [0, 0.05) is 0 Å². The predicted octanol–water partition coefficient (Wildman–Crippen LogP) is 4.01. The Morgan fingerprint density at radius 2 is 1.89 bits per heavy atom. The van der Waals surface area contributed by atoms with Crippen molar-refractivity contribution in [3.05, 3.63) is 59.9 Å². The summed E-state index contributed by atoms with van der Waals surface area (Å²) in [5.41, 5.74) is 3.25. The Balaban J connectivity index is 1.87. The highest BCUT2D eigenvalue weighted by Gasteiger charge is 2.12. The Kier molecular flexibility index (Phi) is 2.95. The van der Waals surface area contributed by atoms with Gasteiger partial charge in [-0.15, -0.1) is 0 Å². The van der Waals surface area contributed by atoms with Gasteiger partial charge in [0.2, 0.25) is 0 Å². The van der Waals surface area contributed by atoms with Crippen molar-refractivity contribution in [1.29, 1.82) is 0 Å². The van der Waals surface area contributed by atoms with Gasteiger partial charge in [0.1, 0.15) is 11.6 Å². The lowest BCUT2D eigenvalue weighted by Gasteiger charge is -2.11. The maximum Gasteiger partial charge on any atom is 0.153 e. The van der Waals surface area contributed by atoms with Crippen LogP contribution in [0.2, 0.25) is 0 Å². The average Bonchev–Trinajstić information content (AvgIpc) is 2.83. The Bertz CT molecular complexity index is 688. The fraction of sp³-hybridized carbons (Fsp3) is 0.188. The number of rotatable bonds is 3. The lowest BCUT2D eigenvalue weighted by molar-refractivity contribution is 0.218. The molecule has 0 amide bonds. The molecule has 0 saturated heterocycles. The number of hydrogen-bond acceptors (Lipinski definition) is 2. The average molecular weight is 252 g/mol. The molecule has 0 saturated carbocycles. The zero-order chi connectivity index (χ0) is 13.2. The van der Waals surface area contributed by atoms with Gasteiger partial charge in [-0.3, -0.25) is 0 Å². The zero-order valence-corrected chi connectivity index (χ0v) is 11.1. The van der Waals surface area contributed by atoms with E-state index in [1.807, 2.05) is 43.3 Å². The van der Waals surface area contributed by atoms with Crippen LogP contribution in [0.3, 0.4) is 0 Å². The molecule has 1 aromatic heterocycles. The quantitative estimate of drug-likeness (QED) is 0.764. The second kappa shape index (κ2) is 4.76. The number of benzene rings is 2. The van der Waals surface area contributed by atoms with Crippen molar-refractivity contribution in [3.8, 4) is 5.75 Å². The SMILES string of the molecule is Cc1ccc2nc([C@@H](C)Oc3ccccc3)[nH]c2c1. The minimum absolute atomic E-state index is 0.102. The van der Waals surface area contributed by atoms with Gasteiger partial charge in [0.15, 0.2) is 6.10 Å². The van der Waals surface area contributed by atoms with Gasteiger partial charge in [-0.2, -0.15) is 0 Å². The molecular weight excluding hydrogens is 236 g/mol. The van der Waals surface area contributed by atoms with Gasteiger partial charge in [0.25, 0.3) is 0 Å². The number of ether oxygens (including phenoxy) is 1. The van der Waals surface area contributed by atoms with Crippen molar-refractivity contribution in [2.45, 2.75) is 20.0 Å². The smallest absolute Gasteiger partial charge is 0.153 e. The van der Waals surface area contributed by atoms with E-state index in [-0.39, 0.29) is 6.10 Å². The van der Waals surface area contributed by atoms with Crippen LogP contribution in [0.4, 0.5) is 0 Å². The number of nitrogens with one attached hydrogen (secondary N) is 1. The van der Waals surface area contributed by atoms with Gasteiger partial charge in [-0.05, 0) is 43.7 Å². The summed E-state index contributed by atoms with van der Waals surface area (Å²) in [7, 11) is 0. The lowest BCUT2D eigenvalue weighted by atomic mass is 10.2. The Morgan fingerprint density at radius 3 is 2.68 bits per heavy atom. The highest BCUT2D eigenvalue weighted by molar-refractivity contribution is 5.75. The number of nitrogens with zero attached hydrogens (tertiary/aromatic N) is 1. The number of H-pyrrole nitrogens is 1. The normalized spacial score (nSPS) is 12.5. The van der Waals surface area contributed by atoms with Crippen LogP contribution in [0.15, 0.2) is 48.5 Å². The molecule has 0 radical (unpaired) electrons. The van der Waals surface area contributed by atoms with Gasteiger partial charge in [-0.1, -0.05) is 24.3 Å². The van der Waals surface area contributed by atoms with Gasteiger partial charge in [0.05, 0.1) is 11.0 Å². The molecule has 0 fully saturated rings. The molecule has 1 atom stereocenters. The van der Waals surface area contributed by atoms with Gasteiger partial charge in [-0.25, -0.2) is 4.98 Å². The third kappa shape index (κ3) is 2.45. The first-order valence-corrected chi connectivity index (χ1v) is 6.40. The van der Waals surface area contributed by atoms with Crippen LogP contribution in [0.25, 0.3) is 11.0 Å². The summed E-state index contributed by atoms with van der Waals surface area (Å²) >= 11 is 0. The number of para-hydroxylation sites is 1. The number of aromatic amines is 1. The van der Waals surface area contributed by atoms with Crippen molar-refractivity contribution < 1.29 is 4.74 Å². The van der Waals surface area contributed by atoms with E-state index in [1.165, 1.54) is 5.56 Å². The third-order valence-corrected chi connectivity index (χ3v) is 3.10. The summed E-state index contributed by atoms with van der Waals surface area (Å²) < 4.78 is 5.87. The van der Waals surface area contributed by atoms with Gasteiger partial charge < -0.3 is 9.72 Å².